The van der Waals surface area contributed by atoms with Gasteiger partial charge in [-0.25, -0.2) is 0 Å². The summed E-state index contributed by atoms with van der Waals surface area (Å²) in [5.74, 6) is -0.671. The normalized spacial score (nSPS) is 10.2. The van der Waals surface area contributed by atoms with Gasteiger partial charge in [-0.2, -0.15) is 5.10 Å². The molecule has 0 atom stereocenters. The van der Waals surface area contributed by atoms with Crippen molar-refractivity contribution in [3.63, 3.8) is 0 Å². The number of esters is 1. The van der Waals surface area contributed by atoms with Crippen LogP contribution in [0, 0.1) is 6.92 Å². The first-order valence-electron chi connectivity index (χ1n) is 5.86. The summed E-state index contributed by atoms with van der Waals surface area (Å²) in [5, 5.41) is 4.12. The van der Waals surface area contributed by atoms with E-state index in [1.165, 1.54) is 12.0 Å². The summed E-state index contributed by atoms with van der Waals surface area (Å²) in [6.45, 7) is 4.28. The van der Waals surface area contributed by atoms with Gasteiger partial charge in [0.05, 0.1) is 7.11 Å². The molecular formula is C12H19N3O3. The van der Waals surface area contributed by atoms with Gasteiger partial charge in [-0.15, -0.1) is 0 Å². The van der Waals surface area contributed by atoms with Crippen molar-refractivity contribution in [2.45, 2.75) is 20.3 Å². The number of carbonyl (C=O) groups excluding carboxylic acids is 2. The van der Waals surface area contributed by atoms with Crippen molar-refractivity contribution in [2.24, 2.45) is 7.05 Å². The first-order valence-corrected chi connectivity index (χ1v) is 5.86. The Morgan fingerprint density at radius 3 is 2.61 bits per heavy atom. The van der Waals surface area contributed by atoms with Gasteiger partial charge in [-0.05, 0) is 19.4 Å². The maximum absolute atomic E-state index is 12.2. The molecule has 6 nitrogen and oxygen atoms in total. The minimum atomic E-state index is -0.426. The highest BCUT2D eigenvalue weighted by Gasteiger charge is 2.21. The Labute approximate surface area is 107 Å². The van der Waals surface area contributed by atoms with Crippen molar-refractivity contribution < 1.29 is 14.3 Å². The van der Waals surface area contributed by atoms with Crippen molar-refractivity contribution in [3.05, 3.63) is 17.5 Å². The maximum Gasteiger partial charge on any atom is 0.325 e. The van der Waals surface area contributed by atoms with Crippen molar-refractivity contribution in [2.75, 3.05) is 20.2 Å². The number of aromatic nitrogens is 2. The number of hydrogen-bond acceptors (Lipinski definition) is 4. The molecule has 0 aliphatic heterocycles. The van der Waals surface area contributed by atoms with Gasteiger partial charge in [0.2, 0.25) is 0 Å². The van der Waals surface area contributed by atoms with Crippen LogP contribution in [-0.4, -0.2) is 46.8 Å². The lowest BCUT2D eigenvalue weighted by molar-refractivity contribution is -0.141. The molecule has 1 aromatic rings. The molecule has 1 heterocycles. The standard InChI is InChI=1S/C12H19N3O3/c1-5-6-15(8-11(16)18-4)12(17)10-7-9(2)14(3)13-10/h7H,5-6,8H2,1-4H3. The summed E-state index contributed by atoms with van der Waals surface area (Å²) >= 11 is 0. The molecule has 0 aliphatic rings. The fraction of sp³-hybridized carbons (Fsp3) is 0.583. The number of nitrogens with zero attached hydrogens (tertiary/aromatic N) is 3. The first kappa shape index (κ1) is 14.2. The minimum Gasteiger partial charge on any atom is -0.468 e. The molecule has 0 unspecified atom stereocenters. The topological polar surface area (TPSA) is 64.4 Å². The quantitative estimate of drug-likeness (QED) is 0.726. The molecule has 0 fully saturated rings. The van der Waals surface area contributed by atoms with Crippen LogP contribution in [0.3, 0.4) is 0 Å². The Morgan fingerprint density at radius 2 is 2.17 bits per heavy atom. The number of aryl methyl sites for hydroxylation is 2. The number of ether oxygens (including phenoxy) is 1. The summed E-state index contributed by atoms with van der Waals surface area (Å²) in [5.41, 5.74) is 1.25. The lowest BCUT2D eigenvalue weighted by Gasteiger charge is -2.19. The van der Waals surface area contributed by atoms with E-state index in [1.807, 2.05) is 13.8 Å². The Hall–Kier alpha value is -1.85. The van der Waals surface area contributed by atoms with Crippen LogP contribution in [0.4, 0.5) is 0 Å². The summed E-state index contributed by atoms with van der Waals surface area (Å²) in [6.07, 6.45) is 0.772. The van der Waals surface area contributed by atoms with Gasteiger partial charge in [-0.1, -0.05) is 6.92 Å². The number of carbonyl (C=O) groups is 2. The molecular weight excluding hydrogens is 234 g/mol. The van der Waals surface area contributed by atoms with E-state index >= 15 is 0 Å². The van der Waals surface area contributed by atoms with Crippen molar-refractivity contribution >= 4 is 11.9 Å². The number of hydrogen-bond donors (Lipinski definition) is 0. The number of rotatable bonds is 5. The van der Waals surface area contributed by atoms with E-state index in [9.17, 15) is 9.59 Å². The smallest absolute Gasteiger partial charge is 0.325 e. The molecule has 1 aromatic heterocycles. The van der Waals surface area contributed by atoms with Gasteiger partial charge in [0.1, 0.15) is 6.54 Å². The van der Waals surface area contributed by atoms with Crippen LogP contribution >= 0.6 is 0 Å². The number of amides is 1. The van der Waals surface area contributed by atoms with E-state index in [2.05, 4.69) is 9.84 Å². The van der Waals surface area contributed by atoms with Crippen LogP contribution in [-0.2, 0) is 16.6 Å². The Balaban J connectivity index is 2.84. The average Bonchev–Trinajstić information content (AvgIpc) is 2.68. The molecule has 6 heteroatoms. The molecule has 0 aromatic carbocycles. The molecule has 0 N–H and O–H groups in total. The summed E-state index contributed by atoms with van der Waals surface area (Å²) in [6, 6.07) is 1.71. The third-order valence-electron chi connectivity index (χ3n) is 2.66. The van der Waals surface area contributed by atoms with Crippen LogP contribution in [0.15, 0.2) is 6.07 Å². The molecule has 0 radical (unpaired) electrons. The van der Waals surface area contributed by atoms with E-state index < -0.39 is 5.97 Å². The second kappa shape index (κ2) is 6.18. The molecule has 1 amide bonds. The maximum atomic E-state index is 12.2. The van der Waals surface area contributed by atoms with Crippen LogP contribution in [0.25, 0.3) is 0 Å². The van der Waals surface area contributed by atoms with Gasteiger partial charge >= 0.3 is 5.97 Å². The average molecular weight is 253 g/mol. The van der Waals surface area contributed by atoms with E-state index in [4.69, 9.17) is 0 Å². The summed E-state index contributed by atoms with van der Waals surface area (Å²) in [4.78, 5) is 24.9. The fourth-order valence-corrected chi connectivity index (χ4v) is 1.57. The van der Waals surface area contributed by atoms with Crippen molar-refractivity contribution in [1.29, 1.82) is 0 Å². The van der Waals surface area contributed by atoms with Gasteiger partial charge in [0.25, 0.3) is 5.91 Å². The van der Waals surface area contributed by atoms with E-state index in [1.54, 1.807) is 17.8 Å². The predicted octanol–water partition coefficient (Wildman–Crippen LogP) is 0.754. The van der Waals surface area contributed by atoms with Gasteiger partial charge < -0.3 is 9.64 Å². The molecule has 0 bridgehead atoms. The van der Waals surface area contributed by atoms with E-state index in [0.717, 1.165) is 12.1 Å². The monoisotopic (exact) mass is 253 g/mol. The molecule has 0 saturated carbocycles. The van der Waals surface area contributed by atoms with Crippen LogP contribution < -0.4 is 0 Å². The predicted molar refractivity (Wildman–Crippen MR) is 66.2 cm³/mol. The zero-order valence-electron chi connectivity index (χ0n) is 11.3. The highest BCUT2D eigenvalue weighted by molar-refractivity contribution is 5.94. The second-order valence-corrected chi connectivity index (χ2v) is 4.10. The van der Waals surface area contributed by atoms with Gasteiger partial charge in [0.15, 0.2) is 5.69 Å². The zero-order chi connectivity index (χ0) is 13.7. The molecule has 0 aliphatic carbocycles. The fourth-order valence-electron chi connectivity index (χ4n) is 1.57. The third-order valence-corrected chi connectivity index (χ3v) is 2.66. The Kier molecular flexibility index (Phi) is 4.88. The van der Waals surface area contributed by atoms with Crippen LogP contribution in [0.2, 0.25) is 0 Å². The molecule has 1 rings (SSSR count). The van der Waals surface area contributed by atoms with E-state index in [0.29, 0.717) is 12.2 Å². The lowest BCUT2D eigenvalue weighted by Crippen LogP contribution is -2.37. The molecule has 100 valence electrons. The van der Waals surface area contributed by atoms with Crippen molar-refractivity contribution in [1.82, 2.24) is 14.7 Å². The second-order valence-electron chi connectivity index (χ2n) is 4.10. The van der Waals surface area contributed by atoms with Gasteiger partial charge in [-0.3, -0.25) is 14.3 Å². The Morgan fingerprint density at radius 1 is 1.50 bits per heavy atom. The third kappa shape index (κ3) is 3.32. The Bertz CT molecular complexity index is 420. The first-order chi connectivity index (χ1) is 8.49. The molecule has 0 saturated heterocycles. The zero-order valence-corrected chi connectivity index (χ0v) is 11.3. The molecule has 0 spiro atoms. The SMILES string of the molecule is CCCN(CC(=O)OC)C(=O)c1cc(C)n(C)n1. The highest BCUT2D eigenvalue weighted by atomic mass is 16.5. The van der Waals surface area contributed by atoms with E-state index in [-0.39, 0.29) is 12.5 Å². The largest absolute Gasteiger partial charge is 0.468 e. The summed E-state index contributed by atoms with van der Waals surface area (Å²) in [7, 11) is 3.08. The minimum absolute atomic E-state index is 0.0429. The van der Waals surface area contributed by atoms with Crippen LogP contribution in [0.1, 0.15) is 29.5 Å². The summed E-state index contributed by atoms with van der Waals surface area (Å²) < 4.78 is 6.22. The number of methoxy groups -OCH3 is 1. The lowest BCUT2D eigenvalue weighted by atomic mass is 10.3. The van der Waals surface area contributed by atoms with Gasteiger partial charge in [0, 0.05) is 19.3 Å². The molecule has 18 heavy (non-hydrogen) atoms. The van der Waals surface area contributed by atoms with Crippen LogP contribution in [0.5, 0.6) is 0 Å². The highest BCUT2D eigenvalue weighted by Crippen LogP contribution is 2.06. The van der Waals surface area contributed by atoms with Crippen molar-refractivity contribution in [3.8, 4) is 0 Å².